The zero-order chi connectivity index (χ0) is 15.4. The summed E-state index contributed by atoms with van der Waals surface area (Å²) in [6.07, 6.45) is 0. The number of aryl methyl sites for hydroxylation is 1. The molecule has 0 radical (unpaired) electrons. The molecule has 1 aromatic heterocycles. The maximum atomic E-state index is 5.18. The minimum Gasteiger partial charge on any atom is -0.497 e. The molecule has 22 heavy (non-hydrogen) atoms. The Bertz CT molecular complexity index is 743. The lowest BCUT2D eigenvalue weighted by molar-refractivity contribution is -0.597. The second-order valence-electron chi connectivity index (χ2n) is 4.53. The zero-order valence-electron chi connectivity index (χ0n) is 12.2. The van der Waals surface area contributed by atoms with Crippen LogP contribution in [0.3, 0.4) is 0 Å². The molecule has 6 heteroatoms. The van der Waals surface area contributed by atoms with E-state index in [1.54, 1.807) is 14.0 Å². The first kappa shape index (κ1) is 14.8. The first-order valence-corrected chi connectivity index (χ1v) is 8.83. The van der Waals surface area contributed by atoms with Crippen LogP contribution in [0.1, 0.15) is 5.82 Å². The van der Waals surface area contributed by atoms with Crippen molar-refractivity contribution in [2.45, 2.75) is 6.92 Å². The Kier molecular flexibility index (Phi) is 4.57. The summed E-state index contributed by atoms with van der Waals surface area (Å²) in [6, 6.07) is 16.5. The molecule has 0 amide bonds. The quantitative estimate of drug-likeness (QED) is 0.542. The molecule has 0 spiro atoms. The Balaban J connectivity index is 1.74. The number of aromatic nitrogens is 4. The van der Waals surface area contributed by atoms with Crippen molar-refractivity contribution in [3.8, 4) is 17.1 Å². The first-order chi connectivity index (χ1) is 10.7. The highest BCUT2D eigenvalue weighted by Crippen LogP contribution is 2.11. The number of rotatable bonds is 4. The molecule has 0 saturated carbocycles. The van der Waals surface area contributed by atoms with Gasteiger partial charge in [-0.3, -0.25) is 0 Å². The lowest BCUT2D eigenvalue weighted by Crippen LogP contribution is -3.61. The molecule has 0 aliphatic heterocycles. The van der Waals surface area contributed by atoms with Crippen LogP contribution in [0.25, 0.3) is 11.4 Å². The second kappa shape index (κ2) is 6.78. The van der Waals surface area contributed by atoms with E-state index in [4.69, 9.17) is 4.74 Å². The molecule has 3 aromatic rings. The fourth-order valence-corrected chi connectivity index (χ4v) is 3.97. The third kappa shape index (κ3) is 3.56. The average Bonchev–Trinajstić information content (AvgIpc) is 2.57. The SMILES string of the molecule is COc1ccc([I+]c2ccc(-c3nnc(C)nn3)cc2)cc1. The van der Waals surface area contributed by atoms with Crippen molar-refractivity contribution in [3.63, 3.8) is 0 Å². The maximum absolute atomic E-state index is 5.18. The van der Waals surface area contributed by atoms with Crippen LogP contribution in [0.2, 0.25) is 0 Å². The van der Waals surface area contributed by atoms with Crippen LogP contribution in [0.15, 0.2) is 48.5 Å². The van der Waals surface area contributed by atoms with Crippen molar-refractivity contribution in [3.05, 3.63) is 61.5 Å². The molecule has 3 rings (SSSR count). The Morgan fingerprint density at radius 2 is 1.32 bits per heavy atom. The molecule has 1 heterocycles. The minimum atomic E-state index is -0.205. The second-order valence-corrected chi connectivity index (χ2v) is 7.56. The normalized spacial score (nSPS) is 10.5. The van der Waals surface area contributed by atoms with Crippen molar-refractivity contribution in [2.75, 3.05) is 7.11 Å². The smallest absolute Gasteiger partial charge is 0.357 e. The molecule has 5 nitrogen and oxygen atoms in total. The number of hydrogen-bond acceptors (Lipinski definition) is 5. The summed E-state index contributed by atoms with van der Waals surface area (Å²) < 4.78 is 7.86. The van der Waals surface area contributed by atoms with E-state index in [9.17, 15) is 0 Å². The Hall–Kier alpha value is -2.09. The number of ether oxygens (including phenoxy) is 1. The lowest BCUT2D eigenvalue weighted by atomic mass is 10.2. The molecule has 0 bridgehead atoms. The molecule has 0 aliphatic carbocycles. The molecule has 0 unspecified atom stereocenters. The molecule has 0 fully saturated rings. The van der Waals surface area contributed by atoms with Gasteiger partial charge in [-0.05, 0) is 55.5 Å². The Morgan fingerprint density at radius 1 is 0.773 bits per heavy atom. The van der Waals surface area contributed by atoms with Gasteiger partial charge in [-0.1, -0.05) is 0 Å². The van der Waals surface area contributed by atoms with E-state index in [1.807, 2.05) is 24.3 Å². The van der Waals surface area contributed by atoms with E-state index < -0.39 is 0 Å². The van der Waals surface area contributed by atoms with Crippen molar-refractivity contribution < 1.29 is 25.9 Å². The first-order valence-electron chi connectivity index (χ1n) is 6.68. The van der Waals surface area contributed by atoms with Crippen LogP contribution in [0.4, 0.5) is 0 Å². The van der Waals surface area contributed by atoms with Gasteiger partial charge in [0.1, 0.15) is 5.75 Å². The number of halogens is 1. The topological polar surface area (TPSA) is 60.8 Å². The largest absolute Gasteiger partial charge is 0.497 e. The van der Waals surface area contributed by atoms with E-state index in [-0.39, 0.29) is 21.2 Å². The van der Waals surface area contributed by atoms with E-state index in [2.05, 4.69) is 44.7 Å². The summed E-state index contributed by atoms with van der Waals surface area (Å²) in [6.45, 7) is 1.77. The van der Waals surface area contributed by atoms with Crippen LogP contribution >= 0.6 is 0 Å². The Morgan fingerprint density at radius 3 is 1.86 bits per heavy atom. The number of benzene rings is 2. The highest BCUT2D eigenvalue weighted by atomic mass is 127. The summed E-state index contributed by atoms with van der Waals surface area (Å²) >= 11 is -0.205. The fraction of sp³-hybridized carbons (Fsp3) is 0.125. The molecule has 0 atom stereocenters. The van der Waals surface area contributed by atoms with E-state index in [0.29, 0.717) is 11.6 Å². The standard InChI is InChI=1S/C16H14IN4O/c1-11-18-20-16(21-19-11)12-3-5-13(6-4-12)17-14-7-9-15(22-2)10-8-14/h3-10H,1-2H3/q+1. The predicted molar refractivity (Wildman–Crippen MR) is 78.2 cm³/mol. The third-order valence-electron chi connectivity index (χ3n) is 2.95. The molecule has 0 N–H and O–H groups in total. The van der Waals surface area contributed by atoms with Crippen molar-refractivity contribution in [1.82, 2.24) is 20.4 Å². The fourth-order valence-electron chi connectivity index (χ4n) is 1.82. The Labute approximate surface area is 139 Å². The van der Waals surface area contributed by atoms with Gasteiger partial charge >= 0.3 is 21.2 Å². The lowest BCUT2D eigenvalue weighted by Gasteiger charge is -1.97. The van der Waals surface area contributed by atoms with Gasteiger partial charge < -0.3 is 4.74 Å². The van der Waals surface area contributed by atoms with Gasteiger partial charge in [-0.25, -0.2) is 0 Å². The highest BCUT2D eigenvalue weighted by Gasteiger charge is 2.16. The molecule has 0 saturated heterocycles. The summed E-state index contributed by atoms with van der Waals surface area (Å²) in [5.74, 6) is 2.02. The molecule has 110 valence electrons. The summed E-state index contributed by atoms with van der Waals surface area (Å²) in [5, 5.41) is 16.0. The van der Waals surface area contributed by atoms with Gasteiger partial charge in [0.2, 0.25) is 5.82 Å². The average molecular weight is 405 g/mol. The predicted octanol–water partition coefficient (Wildman–Crippen LogP) is -0.621. The molecular weight excluding hydrogens is 391 g/mol. The van der Waals surface area contributed by atoms with Crippen molar-refractivity contribution in [2.24, 2.45) is 0 Å². The molecule has 0 aliphatic rings. The van der Waals surface area contributed by atoms with E-state index in [1.165, 1.54) is 7.14 Å². The van der Waals surface area contributed by atoms with Crippen LogP contribution in [0.5, 0.6) is 5.75 Å². The number of nitrogens with zero attached hydrogens (tertiary/aromatic N) is 4. The third-order valence-corrected chi connectivity index (χ3v) is 5.63. The summed E-state index contributed by atoms with van der Waals surface area (Å²) in [7, 11) is 1.68. The molecular formula is C16H14IN4O+. The van der Waals surface area contributed by atoms with Crippen LogP contribution in [-0.2, 0) is 0 Å². The zero-order valence-corrected chi connectivity index (χ0v) is 14.4. The molecule has 2 aromatic carbocycles. The van der Waals surface area contributed by atoms with Gasteiger partial charge in [-0.2, -0.15) is 0 Å². The van der Waals surface area contributed by atoms with E-state index in [0.717, 1.165) is 11.3 Å². The minimum absolute atomic E-state index is 0.205. The van der Waals surface area contributed by atoms with Gasteiger partial charge in [0.15, 0.2) is 13.0 Å². The van der Waals surface area contributed by atoms with Crippen molar-refractivity contribution >= 4 is 0 Å². The van der Waals surface area contributed by atoms with Gasteiger partial charge in [0, 0.05) is 5.56 Å². The van der Waals surface area contributed by atoms with Gasteiger partial charge in [-0.15, -0.1) is 20.4 Å². The number of methoxy groups -OCH3 is 1. The van der Waals surface area contributed by atoms with Crippen LogP contribution < -0.4 is 25.9 Å². The summed E-state index contributed by atoms with van der Waals surface area (Å²) in [4.78, 5) is 0. The van der Waals surface area contributed by atoms with Crippen molar-refractivity contribution in [1.29, 1.82) is 0 Å². The van der Waals surface area contributed by atoms with Crippen LogP contribution in [0, 0.1) is 14.1 Å². The maximum Gasteiger partial charge on any atom is 0.357 e. The van der Waals surface area contributed by atoms with E-state index >= 15 is 0 Å². The van der Waals surface area contributed by atoms with Gasteiger partial charge in [0.05, 0.1) is 7.11 Å². The van der Waals surface area contributed by atoms with Crippen LogP contribution in [-0.4, -0.2) is 27.5 Å². The highest BCUT2D eigenvalue weighted by molar-refractivity contribution is 5.52. The van der Waals surface area contributed by atoms with Gasteiger partial charge in [0.25, 0.3) is 0 Å². The summed E-state index contributed by atoms with van der Waals surface area (Å²) in [5.41, 5.74) is 0.933. The number of hydrogen-bond donors (Lipinski definition) is 0. The monoisotopic (exact) mass is 405 g/mol.